The van der Waals surface area contributed by atoms with Crippen molar-refractivity contribution in [1.29, 1.82) is 0 Å². The van der Waals surface area contributed by atoms with Gasteiger partial charge in [-0.25, -0.2) is 0 Å². The summed E-state index contributed by atoms with van der Waals surface area (Å²) in [5.41, 5.74) is 1.88. The van der Waals surface area contributed by atoms with Gasteiger partial charge in [-0.1, -0.05) is 0 Å². The van der Waals surface area contributed by atoms with Gasteiger partial charge in [-0.3, -0.25) is 0 Å². The fourth-order valence-electron chi connectivity index (χ4n) is 1.54. The Bertz CT molecular complexity index is 396. The molecule has 3 heteroatoms. The topological polar surface area (TPSA) is 26.3 Å². The monoisotopic (exact) mass is 344 g/mol. The van der Waals surface area contributed by atoms with Crippen LogP contribution in [0.1, 0.15) is 15.9 Å². The Morgan fingerprint density at radius 2 is 2.23 bits per heavy atom. The molecule has 0 heterocycles. The summed E-state index contributed by atoms with van der Waals surface area (Å²) in [7, 11) is 1.60. The number of fused-ring (bicyclic) bond motifs is 1. The van der Waals surface area contributed by atoms with E-state index in [0.717, 1.165) is 21.4 Å². The Hall–Kier alpha value is -0.752. The quantitative estimate of drug-likeness (QED) is 0.764. The van der Waals surface area contributed by atoms with Crippen LogP contribution >= 0.6 is 0 Å². The second kappa shape index (κ2) is 3.19. The minimum absolute atomic E-state index is 0.169. The van der Waals surface area contributed by atoms with Crippen molar-refractivity contribution in [2.24, 2.45) is 0 Å². The Morgan fingerprint density at radius 3 is 2.92 bits per heavy atom. The van der Waals surface area contributed by atoms with Crippen molar-refractivity contribution in [3.63, 3.8) is 0 Å². The molecule has 0 fully saturated rings. The maximum atomic E-state index is 11.7. The number of rotatable bonds is 1. The van der Waals surface area contributed by atoms with Crippen LogP contribution in [-0.4, -0.2) is 16.8 Å². The molecule has 2 nitrogen and oxygen atoms in total. The van der Waals surface area contributed by atoms with Crippen LogP contribution < -0.4 is 4.74 Å². The average molecular weight is 344 g/mol. The second-order valence-electron chi connectivity index (χ2n) is 2.92. The van der Waals surface area contributed by atoms with Crippen molar-refractivity contribution in [2.75, 3.05) is 7.11 Å². The zero-order valence-corrected chi connectivity index (χ0v) is 10.1. The number of hydrogen-bond donors (Lipinski definition) is 0. The van der Waals surface area contributed by atoms with Gasteiger partial charge in [0, 0.05) is 0 Å². The number of carbonyl (C=O) groups is 1. The van der Waals surface area contributed by atoms with E-state index in [2.05, 4.69) is 0 Å². The summed E-state index contributed by atoms with van der Waals surface area (Å²) in [6, 6.07) is 5.76. The average Bonchev–Trinajstić information content (AvgIpc) is 2.43. The van der Waals surface area contributed by atoms with E-state index in [4.69, 9.17) is 4.74 Å². The van der Waals surface area contributed by atoms with Crippen LogP contribution in [0.15, 0.2) is 18.2 Å². The van der Waals surface area contributed by atoms with Crippen LogP contribution in [0.4, 0.5) is 0 Å². The summed E-state index contributed by atoms with van der Waals surface area (Å²) in [5.74, 6) is 0.876. The summed E-state index contributed by atoms with van der Waals surface area (Å²) in [5, 5.41) is 0. The van der Waals surface area contributed by atoms with Crippen molar-refractivity contribution >= 4 is 9.68 Å². The maximum absolute atomic E-state index is 11.7. The first-order chi connectivity index (χ1) is 6.24. The zero-order chi connectivity index (χ0) is 9.42. The van der Waals surface area contributed by atoms with Crippen molar-refractivity contribution in [1.82, 2.24) is 0 Å². The molecule has 0 amide bonds. The van der Waals surface area contributed by atoms with E-state index in [1.54, 1.807) is 7.11 Å². The fourth-order valence-corrected chi connectivity index (χ4v) is 2.47. The van der Waals surface area contributed by atoms with E-state index in [1.807, 2.05) is 18.2 Å². The molecule has 0 aromatic heterocycles. The van der Waals surface area contributed by atoms with Crippen LogP contribution in [0.25, 0.3) is 0 Å². The van der Waals surface area contributed by atoms with Crippen molar-refractivity contribution < 1.29 is 28.9 Å². The third-order valence-electron chi connectivity index (χ3n) is 2.16. The first-order valence-corrected chi connectivity index (χ1v) is 5.44. The number of ether oxygens (including phenoxy) is 1. The van der Waals surface area contributed by atoms with E-state index < -0.39 is 0 Å². The van der Waals surface area contributed by atoms with Gasteiger partial charge >= 0.3 is 87.2 Å². The Balaban J connectivity index is 2.64. The normalized spacial score (nSPS) is 14.5. The van der Waals surface area contributed by atoms with Gasteiger partial charge in [0.15, 0.2) is 0 Å². The molecule has 0 radical (unpaired) electrons. The molecular formula is C10H8O2W. The van der Waals surface area contributed by atoms with Crippen LogP contribution in [0.3, 0.4) is 0 Å². The number of benzene rings is 1. The van der Waals surface area contributed by atoms with E-state index in [0.29, 0.717) is 5.75 Å². The number of methoxy groups -OCH3 is 1. The number of carbonyl (C=O) groups excluding carboxylic acids is 1. The molecule has 0 unspecified atom stereocenters. The van der Waals surface area contributed by atoms with Gasteiger partial charge in [-0.05, 0) is 0 Å². The summed E-state index contributed by atoms with van der Waals surface area (Å²) < 4.78 is 6.14. The van der Waals surface area contributed by atoms with Crippen LogP contribution in [-0.2, 0) is 25.8 Å². The predicted molar refractivity (Wildman–Crippen MR) is 46.0 cm³/mol. The van der Waals surface area contributed by atoms with Gasteiger partial charge in [0.25, 0.3) is 0 Å². The Kier molecular flexibility index (Phi) is 2.17. The van der Waals surface area contributed by atoms with E-state index in [1.165, 1.54) is 19.4 Å². The molecule has 1 aliphatic carbocycles. The number of hydrogen-bond acceptors (Lipinski definition) is 2. The molecule has 13 heavy (non-hydrogen) atoms. The predicted octanol–water partition coefficient (Wildman–Crippen LogP) is 1.15. The van der Waals surface area contributed by atoms with Crippen LogP contribution in [0.2, 0.25) is 0 Å². The van der Waals surface area contributed by atoms with Gasteiger partial charge in [-0.15, -0.1) is 0 Å². The molecule has 0 atom stereocenters. The summed E-state index contributed by atoms with van der Waals surface area (Å²) >= 11 is 1.26. The second-order valence-corrected chi connectivity index (χ2v) is 4.69. The molecule has 0 aliphatic heterocycles. The molecule has 2 rings (SSSR count). The van der Waals surface area contributed by atoms with Gasteiger partial charge < -0.3 is 0 Å². The fraction of sp³-hybridized carbons (Fsp3) is 0.200. The first-order valence-electron chi connectivity index (χ1n) is 3.97. The molecule has 1 aliphatic rings. The molecule has 0 saturated carbocycles. The van der Waals surface area contributed by atoms with Crippen LogP contribution in [0.5, 0.6) is 5.75 Å². The summed E-state index contributed by atoms with van der Waals surface area (Å²) in [4.78, 5) is 11.7. The number of ketones is 1. The van der Waals surface area contributed by atoms with E-state index in [9.17, 15) is 4.79 Å². The minimum atomic E-state index is 0.169. The molecule has 1 aromatic rings. The van der Waals surface area contributed by atoms with Gasteiger partial charge in [0.2, 0.25) is 0 Å². The summed E-state index contributed by atoms with van der Waals surface area (Å²) in [6.45, 7) is 0. The Morgan fingerprint density at radius 1 is 1.46 bits per heavy atom. The molecule has 0 N–H and O–H groups in total. The zero-order valence-electron chi connectivity index (χ0n) is 7.16. The molecule has 0 saturated heterocycles. The SMILES string of the molecule is COc1cccc2c1C(=O)[C](=[W])C2. The van der Waals surface area contributed by atoms with Gasteiger partial charge in [-0.2, -0.15) is 0 Å². The third kappa shape index (κ3) is 1.30. The van der Waals surface area contributed by atoms with Gasteiger partial charge in [0.1, 0.15) is 0 Å². The van der Waals surface area contributed by atoms with Gasteiger partial charge in [0.05, 0.1) is 0 Å². The molecular weight excluding hydrogens is 336 g/mol. The van der Waals surface area contributed by atoms with Crippen molar-refractivity contribution in [3.8, 4) is 5.75 Å². The van der Waals surface area contributed by atoms with Crippen LogP contribution in [0, 0.1) is 0 Å². The van der Waals surface area contributed by atoms with E-state index in [-0.39, 0.29) is 5.78 Å². The molecule has 66 valence electrons. The van der Waals surface area contributed by atoms with Crippen molar-refractivity contribution in [3.05, 3.63) is 29.3 Å². The third-order valence-corrected chi connectivity index (χ3v) is 3.35. The molecule has 1 aromatic carbocycles. The Labute approximate surface area is 87.3 Å². The first kappa shape index (κ1) is 8.83. The molecule has 0 spiro atoms. The standard InChI is InChI=1S/C10H8O2.W/c1-12-9-4-2-3-7-5-6-8(11)10(7)9;/h2-4H,5H2,1H3;. The van der Waals surface area contributed by atoms with Crippen molar-refractivity contribution in [2.45, 2.75) is 6.42 Å². The number of Topliss-reactive ketones (excluding diaryl/α,β-unsaturated/α-hetero) is 1. The molecule has 0 bridgehead atoms. The van der Waals surface area contributed by atoms with E-state index >= 15 is 0 Å². The summed E-state index contributed by atoms with van der Waals surface area (Å²) in [6.07, 6.45) is 0.806.